The third-order valence-electron chi connectivity index (χ3n) is 2.02. The Labute approximate surface area is 92.4 Å². The fourth-order valence-corrected chi connectivity index (χ4v) is 1.37. The third-order valence-corrected chi connectivity index (χ3v) is 2.02. The van der Waals surface area contributed by atoms with Crippen LogP contribution in [-0.2, 0) is 6.42 Å². The minimum atomic E-state index is -4.62. The summed E-state index contributed by atoms with van der Waals surface area (Å²) in [6.45, 7) is 0.838. The molecule has 0 aromatic heterocycles. The van der Waals surface area contributed by atoms with E-state index in [4.69, 9.17) is 0 Å². The van der Waals surface area contributed by atoms with Crippen molar-refractivity contribution in [1.29, 1.82) is 0 Å². The summed E-state index contributed by atoms with van der Waals surface area (Å²) in [5.74, 6) is -0.158. The summed E-state index contributed by atoms with van der Waals surface area (Å²) in [6, 6.07) is 6.08. The molecule has 0 aliphatic rings. The molecule has 2 nitrogen and oxygen atoms in total. The SMILES string of the molecule is CNCCCc1cccc(OC(F)(F)F)c1. The first-order valence-electron chi connectivity index (χ1n) is 5.00. The summed E-state index contributed by atoms with van der Waals surface area (Å²) in [4.78, 5) is 0. The first-order valence-corrected chi connectivity index (χ1v) is 5.00. The van der Waals surface area contributed by atoms with E-state index in [1.807, 2.05) is 7.05 Å². The van der Waals surface area contributed by atoms with Gasteiger partial charge in [0.05, 0.1) is 0 Å². The van der Waals surface area contributed by atoms with Crippen LogP contribution in [0.25, 0.3) is 0 Å². The van der Waals surface area contributed by atoms with E-state index >= 15 is 0 Å². The predicted octanol–water partition coefficient (Wildman–Crippen LogP) is 2.74. The fraction of sp³-hybridized carbons (Fsp3) is 0.455. The molecule has 0 saturated heterocycles. The molecule has 0 aliphatic carbocycles. The van der Waals surface area contributed by atoms with Gasteiger partial charge in [0, 0.05) is 0 Å². The van der Waals surface area contributed by atoms with Crippen LogP contribution in [0, 0.1) is 0 Å². The van der Waals surface area contributed by atoms with E-state index in [9.17, 15) is 13.2 Å². The lowest BCUT2D eigenvalue weighted by atomic mass is 10.1. The van der Waals surface area contributed by atoms with Crippen LogP contribution in [0.5, 0.6) is 5.75 Å². The molecule has 0 fully saturated rings. The van der Waals surface area contributed by atoms with E-state index < -0.39 is 6.36 Å². The number of benzene rings is 1. The second-order valence-corrected chi connectivity index (χ2v) is 3.40. The molecule has 0 amide bonds. The molecule has 1 rings (SSSR count). The molecule has 1 aromatic rings. The average molecular weight is 233 g/mol. The highest BCUT2D eigenvalue weighted by atomic mass is 19.4. The van der Waals surface area contributed by atoms with Gasteiger partial charge in [0.15, 0.2) is 0 Å². The first-order chi connectivity index (χ1) is 7.51. The molecule has 0 atom stereocenters. The number of aryl methyl sites for hydroxylation is 1. The highest BCUT2D eigenvalue weighted by Crippen LogP contribution is 2.23. The van der Waals surface area contributed by atoms with Crippen LogP contribution < -0.4 is 10.1 Å². The van der Waals surface area contributed by atoms with Crippen molar-refractivity contribution in [3.05, 3.63) is 29.8 Å². The largest absolute Gasteiger partial charge is 0.573 e. The Morgan fingerprint density at radius 2 is 2.06 bits per heavy atom. The summed E-state index contributed by atoms with van der Waals surface area (Å²) in [7, 11) is 1.84. The number of hydrogen-bond acceptors (Lipinski definition) is 2. The smallest absolute Gasteiger partial charge is 0.406 e. The fourth-order valence-electron chi connectivity index (χ4n) is 1.37. The maximum absolute atomic E-state index is 11.9. The summed E-state index contributed by atoms with van der Waals surface area (Å²) in [6.07, 6.45) is -3.01. The monoisotopic (exact) mass is 233 g/mol. The van der Waals surface area contributed by atoms with Gasteiger partial charge >= 0.3 is 6.36 Å². The summed E-state index contributed by atoms with van der Waals surface area (Å²) in [5.41, 5.74) is 0.844. The Hall–Kier alpha value is -1.23. The Morgan fingerprint density at radius 1 is 1.31 bits per heavy atom. The molecular weight excluding hydrogens is 219 g/mol. The van der Waals surface area contributed by atoms with Crippen molar-refractivity contribution >= 4 is 0 Å². The van der Waals surface area contributed by atoms with Crippen LogP contribution in [0.4, 0.5) is 13.2 Å². The molecule has 90 valence electrons. The van der Waals surface area contributed by atoms with Crippen LogP contribution >= 0.6 is 0 Å². The molecule has 0 saturated carbocycles. The van der Waals surface area contributed by atoms with Crippen molar-refractivity contribution in [2.75, 3.05) is 13.6 Å². The quantitative estimate of drug-likeness (QED) is 0.789. The first kappa shape index (κ1) is 12.8. The van der Waals surface area contributed by atoms with E-state index in [-0.39, 0.29) is 5.75 Å². The second-order valence-electron chi connectivity index (χ2n) is 3.40. The molecule has 0 aliphatic heterocycles. The maximum Gasteiger partial charge on any atom is 0.573 e. The molecular formula is C11H14F3NO. The number of halogens is 3. The van der Waals surface area contributed by atoms with Gasteiger partial charge in [-0.05, 0) is 44.1 Å². The van der Waals surface area contributed by atoms with Gasteiger partial charge in [0.25, 0.3) is 0 Å². The highest BCUT2D eigenvalue weighted by Gasteiger charge is 2.30. The zero-order valence-electron chi connectivity index (χ0n) is 8.97. The molecule has 0 radical (unpaired) electrons. The predicted molar refractivity (Wildman–Crippen MR) is 55.4 cm³/mol. The summed E-state index contributed by atoms with van der Waals surface area (Å²) < 4.78 is 39.7. The van der Waals surface area contributed by atoms with Gasteiger partial charge in [-0.25, -0.2) is 0 Å². The average Bonchev–Trinajstić information content (AvgIpc) is 2.16. The Balaban J connectivity index is 2.57. The number of nitrogens with one attached hydrogen (secondary N) is 1. The number of rotatable bonds is 5. The topological polar surface area (TPSA) is 21.3 Å². The van der Waals surface area contributed by atoms with Crippen molar-refractivity contribution < 1.29 is 17.9 Å². The standard InChI is InChI=1S/C11H14F3NO/c1-15-7-3-5-9-4-2-6-10(8-9)16-11(12,13)14/h2,4,6,8,15H,3,5,7H2,1H3. The molecule has 1 N–H and O–H groups in total. The van der Waals surface area contributed by atoms with Crippen LogP contribution in [0.15, 0.2) is 24.3 Å². The zero-order chi connectivity index (χ0) is 12.0. The second kappa shape index (κ2) is 5.75. The normalized spacial score (nSPS) is 11.5. The third kappa shape index (κ3) is 5.02. The van der Waals surface area contributed by atoms with Crippen LogP contribution in [0.2, 0.25) is 0 Å². The van der Waals surface area contributed by atoms with E-state index in [0.29, 0.717) is 0 Å². The minimum absolute atomic E-state index is 0.158. The van der Waals surface area contributed by atoms with Crippen LogP contribution in [-0.4, -0.2) is 20.0 Å². The van der Waals surface area contributed by atoms with E-state index in [1.165, 1.54) is 12.1 Å². The van der Waals surface area contributed by atoms with Gasteiger partial charge in [-0.2, -0.15) is 0 Å². The molecule has 0 heterocycles. The lowest BCUT2D eigenvalue weighted by Crippen LogP contribution is -2.17. The van der Waals surface area contributed by atoms with E-state index in [2.05, 4.69) is 10.1 Å². The van der Waals surface area contributed by atoms with Crippen molar-refractivity contribution in [3.63, 3.8) is 0 Å². The Morgan fingerprint density at radius 3 is 2.69 bits per heavy atom. The molecule has 0 bridgehead atoms. The van der Waals surface area contributed by atoms with Gasteiger partial charge < -0.3 is 10.1 Å². The maximum atomic E-state index is 11.9. The van der Waals surface area contributed by atoms with Gasteiger partial charge in [-0.1, -0.05) is 12.1 Å². The molecule has 16 heavy (non-hydrogen) atoms. The number of alkyl halides is 3. The van der Waals surface area contributed by atoms with E-state index in [0.717, 1.165) is 24.9 Å². The zero-order valence-corrected chi connectivity index (χ0v) is 8.97. The van der Waals surface area contributed by atoms with Crippen LogP contribution in [0.3, 0.4) is 0 Å². The highest BCUT2D eigenvalue weighted by molar-refractivity contribution is 5.28. The van der Waals surface area contributed by atoms with E-state index in [1.54, 1.807) is 12.1 Å². The van der Waals surface area contributed by atoms with Crippen LogP contribution in [0.1, 0.15) is 12.0 Å². The molecule has 0 spiro atoms. The summed E-state index contributed by atoms with van der Waals surface area (Å²) >= 11 is 0. The lowest BCUT2D eigenvalue weighted by Gasteiger charge is -2.09. The van der Waals surface area contributed by atoms with Crippen molar-refractivity contribution in [2.45, 2.75) is 19.2 Å². The minimum Gasteiger partial charge on any atom is -0.406 e. The molecule has 5 heteroatoms. The van der Waals surface area contributed by atoms with Gasteiger partial charge in [-0.15, -0.1) is 13.2 Å². The number of ether oxygens (including phenoxy) is 1. The molecule has 1 aromatic carbocycles. The Kier molecular flexibility index (Phi) is 4.61. The molecule has 0 unspecified atom stereocenters. The van der Waals surface area contributed by atoms with Crippen molar-refractivity contribution in [3.8, 4) is 5.75 Å². The Bertz CT molecular complexity index is 325. The van der Waals surface area contributed by atoms with Gasteiger partial charge in [0.1, 0.15) is 5.75 Å². The number of hydrogen-bond donors (Lipinski definition) is 1. The van der Waals surface area contributed by atoms with Crippen molar-refractivity contribution in [1.82, 2.24) is 5.32 Å². The lowest BCUT2D eigenvalue weighted by molar-refractivity contribution is -0.274. The summed E-state index contributed by atoms with van der Waals surface area (Å²) in [5, 5.41) is 2.98. The van der Waals surface area contributed by atoms with Gasteiger partial charge in [0.2, 0.25) is 0 Å². The van der Waals surface area contributed by atoms with Gasteiger partial charge in [-0.3, -0.25) is 0 Å². The van der Waals surface area contributed by atoms with Crippen molar-refractivity contribution in [2.24, 2.45) is 0 Å².